The molecule has 94 valence electrons. The minimum atomic E-state index is -0.125. The second-order valence-electron chi connectivity index (χ2n) is 2.75. The molecular weight excluding hydrogens is 200 g/mol. The van der Waals surface area contributed by atoms with Crippen molar-refractivity contribution in [2.75, 3.05) is 46.2 Å². The van der Waals surface area contributed by atoms with Crippen LogP contribution in [-0.4, -0.2) is 61.6 Å². The Morgan fingerprint density at radius 2 is 1.27 bits per heavy atom. The van der Waals surface area contributed by atoms with Crippen LogP contribution in [0.15, 0.2) is 0 Å². The van der Waals surface area contributed by atoms with E-state index in [1.807, 2.05) is 0 Å². The molecule has 0 aromatic carbocycles. The summed E-state index contributed by atoms with van der Waals surface area (Å²) in [7, 11) is 0. The largest absolute Gasteiger partial charge is 0.394 e. The van der Waals surface area contributed by atoms with Crippen LogP contribution in [0.3, 0.4) is 0 Å². The van der Waals surface area contributed by atoms with Crippen molar-refractivity contribution in [3.63, 3.8) is 0 Å². The number of ether oxygens (including phenoxy) is 2. The first-order valence-corrected chi connectivity index (χ1v) is 5.31. The van der Waals surface area contributed by atoms with Gasteiger partial charge in [-0.25, -0.2) is 0 Å². The lowest BCUT2D eigenvalue weighted by Crippen LogP contribution is -2.07. The first-order chi connectivity index (χ1) is 7.33. The molecule has 15 heavy (non-hydrogen) atoms. The monoisotopic (exact) mass is 224 g/mol. The molecular formula is C10H24O5. The van der Waals surface area contributed by atoms with Crippen LogP contribution in [0.1, 0.15) is 19.8 Å². The summed E-state index contributed by atoms with van der Waals surface area (Å²) in [5.41, 5.74) is 0. The molecule has 0 aliphatic carbocycles. The molecule has 0 aromatic rings. The van der Waals surface area contributed by atoms with Gasteiger partial charge in [0.1, 0.15) is 0 Å². The van der Waals surface area contributed by atoms with Crippen LogP contribution in [0.2, 0.25) is 0 Å². The lowest BCUT2D eigenvalue weighted by molar-refractivity contribution is 0.0324. The third-order valence-electron chi connectivity index (χ3n) is 1.35. The van der Waals surface area contributed by atoms with E-state index in [4.69, 9.17) is 24.8 Å². The number of aliphatic hydroxyl groups excluding tert-OH is 3. The van der Waals surface area contributed by atoms with Crippen molar-refractivity contribution in [1.82, 2.24) is 0 Å². The van der Waals surface area contributed by atoms with Gasteiger partial charge in [0.15, 0.2) is 0 Å². The maximum absolute atomic E-state index is 8.34. The second kappa shape index (κ2) is 19.4. The molecule has 0 atom stereocenters. The van der Waals surface area contributed by atoms with E-state index >= 15 is 0 Å². The van der Waals surface area contributed by atoms with Crippen LogP contribution < -0.4 is 0 Å². The zero-order valence-electron chi connectivity index (χ0n) is 9.52. The fourth-order valence-corrected chi connectivity index (χ4v) is 0.633. The van der Waals surface area contributed by atoms with Crippen molar-refractivity contribution in [2.45, 2.75) is 19.8 Å². The summed E-state index contributed by atoms with van der Waals surface area (Å²) in [6, 6.07) is 0. The third kappa shape index (κ3) is 24.8. The van der Waals surface area contributed by atoms with Crippen LogP contribution >= 0.6 is 0 Å². The topological polar surface area (TPSA) is 79.2 Å². The summed E-state index contributed by atoms with van der Waals surface area (Å²) in [6.45, 7) is 4.43. The molecule has 0 spiro atoms. The zero-order chi connectivity index (χ0) is 11.8. The van der Waals surface area contributed by atoms with Gasteiger partial charge in [-0.2, -0.15) is 0 Å². The minimum absolute atomic E-state index is 0.0922. The van der Waals surface area contributed by atoms with Gasteiger partial charge in [0.2, 0.25) is 0 Å². The van der Waals surface area contributed by atoms with Gasteiger partial charge in [-0.05, 0) is 6.42 Å². The standard InChI is InChI=1S/C8H18O3.C2H6O2/c1-2-3-5-10-7-8-11-6-4-9;3-1-2-4/h9H,2-8H2,1H3;3-4H,1-2H2. The Labute approximate surface area is 91.6 Å². The lowest BCUT2D eigenvalue weighted by atomic mass is 10.4. The van der Waals surface area contributed by atoms with Crippen molar-refractivity contribution in [2.24, 2.45) is 0 Å². The SMILES string of the molecule is CCCCOCCOCCO.OCCO. The van der Waals surface area contributed by atoms with Gasteiger partial charge < -0.3 is 24.8 Å². The number of aliphatic hydroxyl groups is 3. The summed E-state index contributed by atoms with van der Waals surface area (Å²) in [5, 5.41) is 23.6. The van der Waals surface area contributed by atoms with Crippen molar-refractivity contribution in [3.8, 4) is 0 Å². The number of rotatable bonds is 9. The Kier molecular flexibility index (Phi) is 22.2. The maximum atomic E-state index is 8.34. The molecule has 0 amide bonds. The van der Waals surface area contributed by atoms with Crippen LogP contribution in [0, 0.1) is 0 Å². The Hall–Kier alpha value is -0.200. The van der Waals surface area contributed by atoms with Crippen LogP contribution in [0.4, 0.5) is 0 Å². The lowest BCUT2D eigenvalue weighted by Gasteiger charge is -2.02. The number of unbranched alkanes of at least 4 members (excludes halogenated alkanes) is 1. The molecule has 5 heteroatoms. The zero-order valence-corrected chi connectivity index (χ0v) is 9.52. The van der Waals surface area contributed by atoms with Gasteiger partial charge in [0.25, 0.3) is 0 Å². The average molecular weight is 224 g/mol. The normalized spacial score (nSPS) is 9.60. The molecule has 0 radical (unpaired) electrons. The maximum Gasteiger partial charge on any atom is 0.0701 e. The van der Waals surface area contributed by atoms with Gasteiger partial charge >= 0.3 is 0 Å². The molecule has 0 bridgehead atoms. The summed E-state index contributed by atoms with van der Waals surface area (Å²) in [5.74, 6) is 0. The fraction of sp³-hybridized carbons (Fsp3) is 1.00. The summed E-state index contributed by atoms with van der Waals surface area (Å²) in [6.07, 6.45) is 2.28. The van der Waals surface area contributed by atoms with Crippen molar-refractivity contribution in [1.29, 1.82) is 0 Å². The Morgan fingerprint density at radius 1 is 0.733 bits per heavy atom. The molecule has 3 N–H and O–H groups in total. The highest BCUT2D eigenvalue weighted by Gasteiger charge is 1.87. The average Bonchev–Trinajstić information content (AvgIpc) is 2.28. The molecule has 0 saturated heterocycles. The van der Waals surface area contributed by atoms with Crippen LogP contribution in [0.25, 0.3) is 0 Å². The molecule has 0 saturated carbocycles. The molecule has 0 aliphatic heterocycles. The minimum Gasteiger partial charge on any atom is -0.394 e. The van der Waals surface area contributed by atoms with Gasteiger partial charge in [-0.15, -0.1) is 0 Å². The highest BCUT2D eigenvalue weighted by atomic mass is 16.5. The molecule has 0 unspecified atom stereocenters. The van der Waals surface area contributed by atoms with Gasteiger partial charge in [0, 0.05) is 6.61 Å². The van der Waals surface area contributed by atoms with Crippen LogP contribution in [0.5, 0.6) is 0 Å². The molecule has 0 fully saturated rings. The van der Waals surface area contributed by atoms with E-state index < -0.39 is 0 Å². The van der Waals surface area contributed by atoms with Crippen molar-refractivity contribution >= 4 is 0 Å². The molecule has 5 nitrogen and oxygen atoms in total. The smallest absolute Gasteiger partial charge is 0.0701 e. The predicted octanol–water partition coefficient (Wildman–Crippen LogP) is -0.217. The highest BCUT2D eigenvalue weighted by Crippen LogP contribution is 1.87. The summed E-state index contributed by atoms with van der Waals surface area (Å²) < 4.78 is 10.2. The van der Waals surface area contributed by atoms with E-state index in [-0.39, 0.29) is 19.8 Å². The van der Waals surface area contributed by atoms with E-state index in [0.29, 0.717) is 19.8 Å². The second-order valence-corrected chi connectivity index (χ2v) is 2.75. The Balaban J connectivity index is 0. The highest BCUT2D eigenvalue weighted by molar-refractivity contribution is 4.33. The first-order valence-electron chi connectivity index (χ1n) is 5.31. The quantitative estimate of drug-likeness (QED) is 0.472. The molecule has 0 aromatic heterocycles. The predicted molar refractivity (Wildman–Crippen MR) is 57.8 cm³/mol. The number of hydrogen-bond acceptors (Lipinski definition) is 5. The fourth-order valence-electron chi connectivity index (χ4n) is 0.633. The van der Waals surface area contributed by atoms with Gasteiger partial charge in [-0.3, -0.25) is 0 Å². The van der Waals surface area contributed by atoms with Gasteiger partial charge in [-0.1, -0.05) is 13.3 Å². The third-order valence-corrected chi connectivity index (χ3v) is 1.35. The van der Waals surface area contributed by atoms with E-state index in [9.17, 15) is 0 Å². The number of hydrogen-bond donors (Lipinski definition) is 3. The molecule has 0 heterocycles. The van der Waals surface area contributed by atoms with Crippen molar-refractivity contribution < 1.29 is 24.8 Å². The first kappa shape index (κ1) is 17.2. The van der Waals surface area contributed by atoms with E-state index in [1.54, 1.807) is 0 Å². The van der Waals surface area contributed by atoms with E-state index in [1.165, 1.54) is 0 Å². The molecule has 0 aliphatic rings. The summed E-state index contributed by atoms with van der Waals surface area (Å²) in [4.78, 5) is 0. The van der Waals surface area contributed by atoms with E-state index in [0.717, 1.165) is 19.4 Å². The molecule has 0 rings (SSSR count). The van der Waals surface area contributed by atoms with Gasteiger partial charge in [0.05, 0.1) is 39.6 Å². The van der Waals surface area contributed by atoms with Crippen LogP contribution in [-0.2, 0) is 9.47 Å². The Morgan fingerprint density at radius 3 is 1.67 bits per heavy atom. The van der Waals surface area contributed by atoms with Crippen molar-refractivity contribution in [3.05, 3.63) is 0 Å². The summed E-state index contributed by atoms with van der Waals surface area (Å²) >= 11 is 0. The Bertz CT molecular complexity index is 79.9. The van der Waals surface area contributed by atoms with E-state index in [2.05, 4.69) is 6.92 Å².